The Morgan fingerprint density at radius 3 is 2.41 bits per heavy atom. The molecule has 3 nitrogen and oxygen atoms in total. The second kappa shape index (κ2) is 9.28. The van der Waals surface area contributed by atoms with Crippen molar-refractivity contribution in [2.24, 2.45) is 0 Å². The summed E-state index contributed by atoms with van der Waals surface area (Å²) in [6.45, 7) is 5.32. The lowest BCUT2D eigenvalue weighted by Crippen LogP contribution is -2.28. The molecule has 0 radical (unpaired) electrons. The van der Waals surface area contributed by atoms with E-state index in [9.17, 15) is 4.79 Å². The van der Waals surface area contributed by atoms with Gasteiger partial charge in [-0.2, -0.15) is 0 Å². The van der Waals surface area contributed by atoms with E-state index in [1.54, 1.807) is 23.6 Å². The van der Waals surface area contributed by atoms with Crippen LogP contribution in [0.5, 0.6) is 0 Å². The van der Waals surface area contributed by atoms with Crippen molar-refractivity contribution in [2.75, 3.05) is 0 Å². The van der Waals surface area contributed by atoms with Crippen LogP contribution < -0.4 is 0 Å². The predicted molar refractivity (Wildman–Crippen MR) is 112 cm³/mol. The van der Waals surface area contributed by atoms with Gasteiger partial charge in [0.25, 0.3) is 0 Å². The quantitative estimate of drug-likeness (QED) is 0.527. The molecule has 0 spiro atoms. The fraction of sp³-hybridized carbons (Fsp3) is 0.217. The van der Waals surface area contributed by atoms with Crippen LogP contribution in [0, 0.1) is 6.92 Å². The van der Waals surface area contributed by atoms with E-state index >= 15 is 0 Å². The third kappa shape index (κ3) is 5.63. The van der Waals surface area contributed by atoms with E-state index in [1.165, 1.54) is 10.4 Å². The molecule has 1 amide bonds. The van der Waals surface area contributed by atoms with Crippen molar-refractivity contribution < 1.29 is 4.79 Å². The predicted octanol–water partition coefficient (Wildman–Crippen LogP) is 5.26. The summed E-state index contributed by atoms with van der Waals surface area (Å²) in [6, 6.07) is 16.5. The highest BCUT2D eigenvalue weighted by molar-refractivity contribution is 7.12. The van der Waals surface area contributed by atoms with E-state index in [0.717, 1.165) is 22.4 Å². The molecule has 0 saturated heterocycles. The van der Waals surface area contributed by atoms with Crippen LogP contribution in [0.3, 0.4) is 0 Å². The molecule has 0 aliphatic heterocycles. The number of rotatable bonds is 7. The van der Waals surface area contributed by atoms with Crippen molar-refractivity contribution >= 4 is 23.3 Å². The first kappa shape index (κ1) is 19.1. The lowest BCUT2D eigenvalue weighted by atomic mass is 10.1. The van der Waals surface area contributed by atoms with Crippen LogP contribution in [0.4, 0.5) is 0 Å². The fourth-order valence-corrected chi connectivity index (χ4v) is 3.61. The zero-order valence-corrected chi connectivity index (χ0v) is 16.6. The van der Waals surface area contributed by atoms with Crippen molar-refractivity contribution in [3.63, 3.8) is 0 Å². The van der Waals surface area contributed by atoms with Crippen LogP contribution in [-0.2, 0) is 24.3 Å². The first-order chi connectivity index (χ1) is 13.1. The molecule has 0 unspecified atom stereocenters. The molecule has 0 aliphatic carbocycles. The Labute approximate surface area is 165 Å². The minimum atomic E-state index is 0.00414. The molecule has 0 N–H and O–H groups in total. The molecule has 2 aromatic heterocycles. The van der Waals surface area contributed by atoms with Gasteiger partial charge in [0.1, 0.15) is 0 Å². The van der Waals surface area contributed by atoms with Crippen molar-refractivity contribution in [1.29, 1.82) is 0 Å². The fourth-order valence-electron chi connectivity index (χ4n) is 2.83. The molecule has 0 saturated carbocycles. The average Bonchev–Trinajstić information content (AvgIpc) is 3.12. The minimum Gasteiger partial charge on any atom is -0.330 e. The highest BCUT2D eigenvalue weighted by Crippen LogP contribution is 2.17. The number of amides is 1. The van der Waals surface area contributed by atoms with Crippen LogP contribution in [0.25, 0.3) is 6.08 Å². The largest absolute Gasteiger partial charge is 0.330 e. The number of pyridine rings is 1. The summed E-state index contributed by atoms with van der Waals surface area (Å²) in [5.41, 5.74) is 3.46. The van der Waals surface area contributed by atoms with Gasteiger partial charge in [0.15, 0.2) is 0 Å². The van der Waals surface area contributed by atoms with Gasteiger partial charge in [-0.3, -0.25) is 9.78 Å². The van der Waals surface area contributed by atoms with Gasteiger partial charge in [0.05, 0.1) is 0 Å². The second-order valence-electron chi connectivity index (χ2n) is 6.51. The maximum Gasteiger partial charge on any atom is 0.247 e. The average molecular weight is 377 g/mol. The van der Waals surface area contributed by atoms with Crippen molar-refractivity contribution in [2.45, 2.75) is 33.4 Å². The molecule has 2 heterocycles. The Kier molecular flexibility index (Phi) is 6.55. The van der Waals surface area contributed by atoms with Gasteiger partial charge in [0, 0.05) is 41.3 Å². The molecule has 0 aliphatic rings. The Balaban J connectivity index is 1.77. The number of thiophene rings is 1. The lowest BCUT2D eigenvalue weighted by molar-refractivity contribution is -0.127. The monoisotopic (exact) mass is 376 g/mol. The van der Waals surface area contributed by atoms with E-state index in [0.29, 0.717) is 13.1 Å². The van der Waals surface area contributed by atoms with Gasteiger partial charge in [-0.1, -0.05) is 37.3 Å². The smallest absolute Gasteiger partial charge is 0.247 e. The van der Waals surface area contributed by atoms with E-state index in [1.807, 2.05) is 35.4 Å². The molecule has 3 aromatic rings. The van der Waals surface area contributed by atoms with Crippen molar-refractivity contribution in [1.82, 2.24) is 9.88 Å². The zero-order chi connectivity index (χ0) is 19.1. The summed E-state index contributed by atoms with van der Waals surface area (Å²) in [5.74, 6) is 0.00414. The third-order valence-electron chi connectivity index (χ3n) is 4.36. The standard InChI is InChI=1S/C23H24N2OS/c1-3-19-7-9-20(10-8-19)16-25(17-21-5-4-14-24-15-21)23(26)13-12-22-11-6-18(2)27-22/h4-15H,3,16-17H2,1-2H3/b13-12+. The molecule has 4 heteroatoms. The number of carbonyl (C=O) groups excluding carboxylic acids is 1. The SMILES string of the molecule is CCc1ccc(CN(Cc2cccnc2)C(=O)/C=C/c2ccc(C)s2)cc1. The molecule has 3 rings (SSSR count). The summed E-state index contributed by atoms with van der Waals surface area (Å²) in [6.07, 6.45) is 8.14. The Hall–Kier alpha value is -2.72. The number of aryl methyl sites for hydroxylation is 2. The summed E-state index contributed by atoms with van der Waals surface area (Å²) in [5, 5.41) is 0. The summed E-state index contributed by atoms with van der Waals surface area (Å²) >= 11 is 1.69. The Bertz CT molecular complexity index is 898. The molecule has 138 valence electrons. The normalized spacial score (nSPS) is 11.0. The van der Waals surface area contributed by atoms with Gasteiger partial charge >= 0.3 is 0 Å². The van der Waals surface area contributed by atoms with E-state index in [2.05, 4.69) is 49.2 Å². The van der Waals surface area contributed by atoms with Crippen LogP contribution in [0.15, 0.2) is 67.0 Å². The number of nitrogens with zero attached hydrogens (tertiary/aromatic N) is 2. The van der Waals surface area contributed by atoms with E-state index in [4.69, 9.17) is 0 Å². The van der Waals surface area contributed by atoms with Crippen molar-refractivity contribution in [3.05, 3.63) is 93.4 Å². The van der Waals surface area contributed by atoms with E-state index < -0.39 is 0 Å². The van der Waals surface area contributed by atoms with Gasteiger partial charge < -0.3 is 4.90 Å². The summed E-state index contributed by atoms with van der Waals surface area (Å²) in [4.78, 5) is 21.2. The lowest BCUT2D eigenvalue weighted by Gasteiger charge is -2.21. The van der Waals surface area contributed by atoms with Gasteiger partial charge in [-0.15, -0.1) is 11.3 Å². The third-order valence-corrected chi connectivity index (χ3v) is 5.33. The topological polar surface area (TPSA) is 33.2 Å². The highest BCUT2D eigenvalue weighted by Gasteiger charge is 2.12. The minimum absolute atomic E-state index is 0.00414. The van der Waals surface area contributed by atoms with E-state index in [-0.39, 0.29) is 5.91 Å². The number of benzene rings is 1. The van der Waals surface area contributed by atoms with Gasteiger partial charge in [-0.05, 0) is 54.3 Å². The number of carbonyl (C=O) groups is 1. The van der Waals surface area contributed by atoms with Crippen molar-refractivity contribution in [3.8, 4) is 0 Å². The zero-order valence-electron chi connectivity index (χ0n) is 15.8. The first-order valence-corrected chi connectivity index (χ1v) is 9.96. The van der Waals surface area contributed by atoms with Crippen LogP contribution >= 0.6 is 11.3 Å². The molecule has 0 atom stereocenters. The highest BCUT2D eigenvalue weighted by atomic mass is 32.1. The summed E-state index contributed by atoms with van der Waals surface area (Å²) in [7, 11) is 0. The number of hydrogen-bond donors (Lipinski definition) is 0. The molecule has 27 heavy (non-hydrogen) atoms. The maximum absolute atomic E-state index is 12.9. The Morgan fingerprint density at radius 2 is 1.78 bits per heavy atom. The van der Waals surface area contributed by atoms with Crippen LogP contribution in [-0.4, -0.2) is 15.8 Å². The number of hydrogen-bond acceptors (Lipinski definition) is 3. The molecule has 1 aromatic carbocycles. The molecule has 0 fully saturated rings. The molecular formula is C23H24N2OS. The molecule has 0 bridgehead atoms. The maximum atomic E-state index is 12.9. The van der Waals surface area contributed by atoms with Gasteiger partial charge in [-0.25, -0.2) is 0 Å². The Morgan fingerprint density at radius 1 is 1.04 bits per heavy atom. The summed E-state index contributed by atoms with van der Waals surface area (Å²) < 4.78 is 0. The number of aromatic nitrogens is 1. The first-order valence-electron chi connectivity index (χ1n) is 9.14. The molecular weight excluding hydrogens is 352 g/mol. The van der Waals surface area contributed by atoms with Gasteiger partial charge in [0.2, 0.25) is 5.91 Å². The van der Waals surface area contributed by atoms with Crippen LogP contribution in [0.1, 0.15) is 33.4 Å². The van der Waals surface area contributed by atoms with Crippen LogP contribution in [0.2, 0.25) is 0 Å². The second-order valence-corrected chi connectivity index (χ2v) is 7.83.